The molecule has 0 saturated carbocycles. The molecule has 0 bridgehead atoms. The van der Waals surface area contributed by atoms with Crippen molar-refractivity contribution in [3.05, 3.63) is 59.2 Å². The Balaban J connectivity index is 1.69. The van der Waals surface area contributed by atoms with Gasteiger partial charge in [0.2, 0.25) is 5.91 Å². The van der Waals surface area contributed by atoms with Crippen molar-refractivity contribution in [1.29, 1.82) is 0 Å². The first kappa shape index (κ1) is 19.2. The lowest BCUT2D eigenvalue weighted by molar-refractivity contribution is -0.113. The molecular formula is C21H24N4OS. The summed E-state index contributed by atoms with van der Waals surface area (Å²) in [4.78, 5) is 12.3. The first-order valence-corrected chi connectivity index (χ1v) is 9.96. The molecule has 27 heavy (non-hydrogen) atoms. The number of nitrogens with zero attached hydrogens (tertiary/aromatic N) is 3. The molecule has 3 rings (SSSR count). The summed E-state index contributed by atoms with van der Waals surface area (Å²) in [5, 5.41) is 12.3. The molecule has 0 aliphatic rings. The van der Waals surface area contributed by atoms with Crippen molar-refractivity contribution >= 4 is 23.4 Å². The Labute approximate surface area is 164 Å². The van der Waals surface area contributed by atoms with Crippen molar-refractivity contribution in [3.8, 4) is 11.4 Å². The van der Waals surface area contributed by atoms with Crippen molar-refractivity contribution in [2.75, 3.05) is 11.1 Å². The number of aryl methyl sites for hydroxylation is 3. The van der Waals surface area contributed by atoms with Crippen molar-refractivity contribution in [3.63, 3.8) is 0 Å². The van der Waals surface area contributed by atoms with Gasteiger partial charge in [-0.15, -0.1) is 10.2 Å². The van der Waals surface area contributed by atoms with Crippen molar-refractivity contribution < 1.29 is 4.79 Å². The van der Waals surface area contributed by atoms with Crippen LogP contribution in [0.2, 0.25) is 0 Å². The van der Waals surface area contributed by atoms with E-state index in [1.54, 1.807) is 0 Å². The number of thioether (sulfide) groups is 1. The summed E-state index contributed by atoms with van der Waals surface area (Å²) < 4.78 is 2.04. The maximum atomic E-state index is 12.3. The van der Waals surface area contributed by atoms with Crippen LogP contribution in [0.5, 0.6) is 0 Å². The van der Waals surface area contributed by atoms with Gasteiger partial charge in [-0.2, -0.15) is 0 Å². The first-order valence-electron chi connectivity index (χ1n) is 8.97. The monoisotopic (exact) mass is 380 g/mol. The van der Waals surface area contributed by atoms with E-state index < -0.39 is 0 Å². The topological polar surface area (TPSA) is 59.8 Å². The predicted octanol–water partition coefficient (Wildman–Crippen LogP) is 4.62. The smallest absolute Gasteiger partial charge is 0.234 e. The largest absolute Gasteiger partial charge is 0.325 e. The van der Waals surface area contributed by atoms with Crippen molar-refractivity contribution in [1.82, 2.24) is 14.8 Å². The van der Waals surface area contributed by atoms with Crippen LogP contribution in [0.15, 0.2) is 47.6 Å². The first-order chi connectivity index (χ1) is 13.0. The number of aromatic nitrogens is 3. The lowest BCUT2D eigenvalue weighted by Crippen LogP contribution is -2.15. The van der Waals surface area contributed by atoms with Crippen LogP contribution in [0, 0.1) is 20.8 Å². The van der Waals surface area contributed by atoms with Crippen LogP contribution in [-0.4, -0.2) is 26.4 Å². The third-order valence-corrected chi connectivity index (χ3v) is 5.15. The third kappa shape index (κ3) is 4.77. The Morgan fingerprint density at radius 3 is 2.30 bits per heavy atom. The second-order valence-electron chi connectivity index (χ2n) is 6.63. The number of benzene rings is 2. The molecule has 1 amide bonds. The summed E-state index contributed by atoms with van der Waals surface area (Å²) in [6.07, 6.45) is 0. The fourth-order valence-corrected chi connectivity index (χ4v) is 3.77. The molecule has 0 aliphatic heterocycles. The van der Waals surface area contributed by atoms with Gasteiger partial charge in [-0.3, -0.25) is 4.79 Å². The van der Waals surface area contributed by atoms with E-state index in [4.69, 9.17) is 0 Å². The molecule has 2 aromatic carbocycles. The summed E-state index contributed by atoms with van der Waals surface area (Å²) in [5.41, 5.74) is 5.33. The van der Waals surface area contributed by atoms with Crippen molar-refractivity contribution in [2.24, 2.45) is 0 Å². The molecule has 1 heterocycles. The second kappa shape index (κ2) is 8.39. The van der Waals surface area contributed by atoms with Gasteiger partial charge in [-0.25, -0.2) is 0 Å². The van der Waals surface area contributed by atoms with Crippen molar-refractivity contribution in [2.45, 2.75) is 39.4 Å². The number of hydrogen-bond acceptors (Lipinski definition) is 4. The molecule has 6 heteroatoms. The molecule has 0 aliphatic carbocycles. The average molecular weight is 381 g/mol. The molecule has 5 nitrogen and oxygen atoms in total. The van der Waals surface area contributed by atoms with Crippen LogP contribution in [0.4, 0.5) is 5.69 Å². The molecule has 0 fully saturated rings. The summed E-state index contributed by atoms with van der Waals surface area (Å²) in [5.74, 6) is 1.07. The van der Waals surface area contributed by atoms with E-state index in [0.29, 0.717) is 5.75 Å². The standard InChI is InChI=1S/C21H24N4OS/c1-5-25-20(17-8-6-14(2)7-9-17)23-24-21(25)27-13-19(26)22-18-11-15(3)10-16(4)12-18/h6-12H,5,13H2,1-4H3,(H,22,26). The minimum atomic E-state index is -0.0486. The third-order valence-electron chi connectivity index (χ3n) is 4.18. The fraction of sp³-hybridized carbons (Fsp3) is 0.286. The van der Waals surface area contributed by atoms with E-state index in [0.717, 1.165) is 39.9 Å². The SMILES string of the molecule is CCn1c(SCC(=O)Nc2cc(C)cc(C)c2)nnc1-c1ccc(C)cc1. The van der Waals surface area contributed by atoms with Crippen LogP contribution in [0.1, 0.15) is 23.6 Å². The Bertz CT molecular complexity index is 927. The fourth-order valence-electron chi connectivity index (χ4n) is 2.97. The van der Waals surface area contributed by atoms with E-state index in [1.807, 2.05) is 42.7 Å². The molecule has 0 saturated heterocycles. The number of rotatable bonds is 6. The van der Waals surface area contributed by atoms with Crippen LogP contribution >= 0.6 is 11.8 Å². The summed E-state index contributed by atoms with van der Waals surface area (Å²) in [6, 6.07) is 14.3. The lowest BCUT2D eigenvalue weighted by atomic mass is 10.1. The highest BCUT2D eigenvalue weighted by molar-refractivity contribution is 7.99. The van der Waals surface area contributed by atoms with Gasteiger partial charge in [0.15, 0.2) is 11.0 Å². The Morgan fingerprint density at radius 1 is 1.00 bits per heavy atom. The van der Waals surface area contributed by atoms with E-state index >= 15 is 0 Å². The van der Waals surface area contributed by atoms with E-state index in [-0.39, 0.29) is 5.91 Å². The normalized spacial score (nSPS) is 10.8. The Hall–Kier alpha value is -2.60. The molecule has 0 radical (unpaired) electrons. The van der Waals surface area contributed by atoms with Gasteiger partial charge in [0.1, 0.15) is 0 Å². The Morgan fingerprint density at radius 2 is 1.67 bits per heavy atom. The van der Waals surface area contributed by atoms with Gasteiger partial charge in [0.25, 0.3) is 0 Å². The number of nitrogens with one attached hydrogen (secondary N) is 1. The van der Waals surface area contributed by atoms with Crippen LogP contribution in [0.3, 0.4) is 0 Å². The molecule has 0 unspecified atom stereocenters. The lowest BCUT2D eigenvalue weighted by Gasteiger charge is -2.09. The molecular weight excluding hydrogens is 356 g/mol. The molecule has 140 valence electrons. The van der Waals surface area contributed by atoms with E-state index in [2.05, 4.69) is 47.6 Å². The minimum absolute atomic E-state index is 0.0486. The predicted molar refractivity (Wildman–Crippen MR) is 111 cm³/mol. The highest BCUT2D eigenvalue weighted by atomic mass is 32.2. The van der Waals surface area contributed by atoms with Gasteiger partial charge < -0.3 is 9.88 Å². The number of hydrogen-bond donors (Lipinski definition) is 1. The number of anilines is 1. The number of carbonyl (C=O) groups is 1. The number of carbonyl (C=O) groups excluding carboxylic acids is 1. The maximum Gasteiger partial charge on any atom is 0.234 e. The van der Waals surface area contributed by atoms with Crippen LogP contribution in [0.25, 0.3) is 11.4 Å². The highest BCUT2D eigenvalue weighted by Crippen LogP contribution is 2.24. The summed E-state index contributed by atoms with van der Waals surface area (Å²) >= 11 is 1.40. The number of amides is 1. The van der Waals surface area contributed by atoms with Crippen LogP contribution < -0.4 is 5.32 Å². The van der Waals surface area contributed by atoms with E-state index in [9.17, 15) is 4.79 Å². The quantitative estimate of drug-likeness (QED) is 0.634. The molecule has 1 aromatic heterocycles. The van der Waals surface area contributed by atoms with Gasteiger partial charge >= 0.3 is 0 Å². The minimum Gasteiger partial charge on any atom is -0.325 e. The second-order valence-corrected chi connectivity index (χ2v) is 7.57. The molecule has 0 spiro atoms. The summed E-state index contributed by atoms with van der Waals surface area (Å²) in [6.45, 7) is 8.91. The zero-order valence-electron chi connectivity index (χ0n) is 16.1. The molecule has 0 atom stereocenters. The van der Waals surface area contributed by atoms with Crippen LogP contribution in [-0.2, 0) is 11.3 Å². The van der Waals surface area contributed by atoms with Gasteiger partial charge in [-0.1, -0.05) is 47.7 Å². The maximum absolute atomic E-state index is 12.3. The zero-order chi connectivity index (χ0) is 19.4. The highest BCUT2D eigenvalue weighted by Gasteiger charge is 2.14. The molecule has 3 aromatic rings. The molecule has 1 N–H and O–H groups in total. The zero-order valence-corrected chi connectivity index (χ0v) is 16.9. The summed E-state index contributed by atoms with van der Waals surface area (Å²) in [7, 11) is 0. The Kier molecular flexibility index (Phi) is 5.96. The van der Waals surface area contributed by atoms with Gasteiger partial charge in [0, 0.05) is 17.8 Å². The van der Waals surface area contributed by atoms with E-state index in [1.165, 1.54) is 17.3 Å². The van der Waals surface area contributed by atoms with Gasteiger partial charge in [0.05, 0.1) is 5.75 Å². The van der Waals surface area contributed by atoms with Gasteiger partial charge in [-0.05, 0) is 51.0 Å². The average Bonchev–Trinajstić information content (AvgIpc) is 3.02.